The number of carbonyl (C=O) groups excluding carboxylic acids is 2. The van der Waals surface area contributed by atoms with Crippen LogP contribution >= 0.6 is 11.3 Å². The van der Waals surface area contributed by atoms with E-state index in [0.29, 0.717) is 49.6 Å². The summed E-state index contributed by atoms with van der Waals surface area (Å²) < 4.78 is 0. The van der Waals surface area contributed by atoms with Crippen LogP contribution in [0.1, 0.15) is 33.6 Å². The lowest BCUT2D eigenvalue weighted by Gasteiger charge is -2.27. The van der Waals surface area contributed by atoms with Crippen molar-refractivity contribution in [2.75, 3.05) is 28.6 Å². The summed E-state index contributed by atoms with van der Waals surface area (Å²) >= 11 is 1.21. The maximum Gasteiger partial charge on any atom is 0.332 e. The topological polar surface area (TPSA) is 111 Å². The molecule has 0 bridgehead atoms. The second kappa shape index (κ2) is 10.2. The van der Waals surface area contributed by atoms with Crippen LogP contribution < -0.4 is 26.2 Å². The molecule has 1 fully saturated rings. The Morgan fingerprint density at radius 3 is 2.76 bits per heavy atom. The highest BCUT2D eigenvalue weighted by Crippen LogP contribution is 2.44. The van der Waals surface area contributed by atoms with E-state index >= 15 is 0 Å². The number of hydrogen-bond donors (Lipinski definition) is 4. The van der Waals surface area contributed by atoms with E-state index in [2.05, 4.69) is 37.2 Å². The molecule has 0 radical (unpaired) electrons. The fraction of sp³-hybridized carbons (Fsp3) is 0.214. The van der Waals surface area contributed by atoms with Gasteiger partial charge in [0.05, 0.1) is 16.8 Å². The molecule has 2 aliphatic rings. The zero-order valence-corrected chi connectivity index (χ0v) is 21.3. The number of carbonyl (C=O) groups is 2. The fourth-order valence-electron chi connectivity index (χ4n) is 4.78. The van der Waals surface area contributed by atoms with Crippen molar-refractivity contribution in [2.24, 2.45) is 0 Å². The predicted molar refractivity (Wildman–Crippen MR) is 150 cm³/mol. The predicted octanol–water partition coefficient (Wildman–Crippen LogP) is 4.45. The summed E-state index contributed by atoms with van der Waals surface area (Å²) in [6.45, 7) is 2.88. The summed E-state index contributed by atoms with van der Waals surface area (Å²) in [7, 11) is 0. The van der Waals surface area contributed by atoms with Gasteiger partial charge in [-0.2, -0.15) is 0 Å². The molecule has 2 aliphatic heterocycles. The van der Waals surface area contributed by atoms with Crippen LogP contribution in [0.2, 0.25) is 0 Å². The summed E-state index contributed by atoms with van der Waals surface area (Å²) in [6, 6.07) is 15.0. The average Bonchev–Trinajstić information content (AvgIpc) is 3.33. The second-order valence-corrected chi connectivity index (χ2v) is 10.2. The highest BCUT2D eigenvalue weighted by atomic mass is 32.1. The number of thiophene rings is 1. The minimum atomic E-state index is -0.426. The number of anilines is 4. The molecule has 38 heavy (non-hydrogen) atoms. The monoisotopic (exact) mass is 523 g/mol. The van der Waals surface area contributed by atoms with Crippen LogP contribution in [0.4, 0.5) is 27.7 Å². The van der Waals surface area contributed by atoms with E-state index in [4.69, 9.17) is 6.42 Å². The number of hydrogen-bond acceptors (Lipinski definition) is 7. The van der Waals surface area contributed by atoms with Crippen molar-refractivity contribution < 1.29 is 9.59 Å². The third-order valence-corrected chi connectivity index (χ3v) is 7.83. The Morgan fingerprint density at radius 1 is 1.16 bits per heavy atom. The van der Waals surface area contributed by atoms with Crippen molar-refractivity contribution in [1.82, 2.24) is 20.6 Å². The van der Waals surface area contributed by atoms with E-state index < -0.39 is 6.03 Å². The molecule has 3 amide bonds. The van der Waals surface area contributed by atoms with Crippen LogP contribution in [-0.2, 0) is 6.54 Å². The van der Waals surface area contributed by atoms with Crippen molar-refractivity contribution in [3.8, 4) is 12.3 Å². The molecule has 4 heterocycles. The number of rotatable bonds is 6. The minimum absolute atomic E-state index is 0.322. The molecule has 0 spiro atoms. The summed E-state index contributed by atoms with van der Waals surface area (Å²) in [5.41, 5.74) is 3.46. The molecule has 0 atom stereocenters. The highest BCUT2D eigenvalue weighted by molar-refractivity contribution is 7.21. The Kier molecular flexibility index (Phi) is 6.47. The number of urea groups is 1. The van der Waals surface area contributed by atoms with Crippen LogP contribution in [0.25, 0.3) is 10.2 Å². The number of benzene rings is 2. The second-order valence-electron chi connectivity index (χ2n) is 9.20. The van der Waals surface area contributed by atoms with E-state index in [0.717, 1.165) is 38.0 Å². The molecule has 190 valence electrons. The molecule has 0 saturated carbocycles. The van der Waals surface area contributed by atoms with Crippen LogP contribution in [0.3, 0.4) is 0 Å². The van der Waals surface area contributed by atoms with Gasteiger partial charge in [-0.3, -0.25) is 4.79 Å². The van der Waals surface area contributed by atoms with Crippen LogP contribution in [0.5, 0.6) is 0 Å². The first kappa shape index (κ1) is 24.1. The molecule has 9 nitrogen and oxygen atoms in total. The quantitative estimate of drug-likeness (QED) is 0.278. The van der Waals surface area contributed by atoms with Crippen molar-refractivity contribution in [3.63, 3.8) is 0 Å². The van der Waals surface area contributed by atoms with Gasteiger partial charge in [0.1, 0.15) is 16.0 Å². The van der Waals surface area contributed by atoms with Gasteiger partial charge in [-0.1, -0.05) is 24.1 Å². The summed E-state index contributed by atoms with van der Waals surface area (Å²) in [6.07, 6.45) is 9.20. The van der Waals surface area contributed by atoms with Gasteiger partial charge in [0.2, 0.25) is 0 Å². The van der Waals surface area contributed by atoms with Crippen molar-refractivity contribution >= 4 is 56.4 Å². The largest absolute Gasteiger partial charge is 0.332 e. The zero-order chi connectivity index (χ0) is 26.1. The molecule has 2 aromatic heterocycles. The normalized spacial score (nSPS) is 15.2. The molecule has 4 aromatic rings. The van der Waals surface area contributed by atoms with Gasteiger partial charge in [-0.25, -0.2) is 19.7 Å². The van der Waals surface area contributed by atoms with Crippen LogP contribution in [-0.4, -0.2) is 41.0 Å². The smallest absolute Gasteiger partial charge is 0.321 e. The van der Waals surface area contributed by atoms with Gasteiger partial charge >= 0.3 is 6.03 Å². The van der Waals surface area contributed by atoms with E-state index in [9.17, 15) is 9.59 Å². The zero-order valence-electron chi connectivity index (χ0n) is 20.5. The van der Waals surface area contributed by atoms with Crippen LogP contribution in [0.15, 0.2) is 54.9 Å². The van der Waals surface area contributed by atoms with E-state index in [1.54, 1.807) is 24.3 Å². The third-order valence-electron chi connectivity index (χ3n) is 6.74. The van der Waals surface area contributed by atoms with Gasteiger partial charge in [-0.05, 0) is 61.8 Å². The molecule has 1 saturated heterocycles. The fourth-order valence-corrected chi connectivity index (χ4v) is 5.77. The third kappa shape index (κ3) is 4.59. The summed E-state index contributed by atoms with van der Waals surface area (Å²) in [5.74, 6) is 2.67. The summed E-state index contributed by atoms with van der Waals surface area (Å²) in [5, 5.41) is 13.4. The average molecular weight is 524 g/mol. The maximum absolute atomic E-state index is 13.3. The van der Waals surface area contributed by atoms with Gasteiger partial charge in [0.25, 0.3) is 5.91 Å². The number of terminal acetylenes is 1. The number of nitrogens with zero attached hydrogens (tertiary/aromatic N) is 3. The highest BCUT2D eigenvalue weighted by Gasteiger charge is 2.33. The van der Waals surface area contributed by atoms with Gasteiger partial charge in [0.15, 0.2) is 5.82 Å². The lowest BCUT2D eigenvalue weighted by Crippen LogP contribution is -2.39. The standard InChI is InChI=1S/C28H25N7O2S/c1-2-17-4-3-5-21(14-17)35-25-22-23(34-28(35)37)24(38-27(22)32-16-31-25)26(36)33-20-8-6-18(7-9-20)15-30-19-10-12-29-13-11-19/h1,3-9,14,16,19,29-30H,10-13,15H2,(H,33,36)(H,34,37). The Hall–Kier alpha value is -4.30. The number of piperidine rings is 1. The van der Waals surface area contributed by atoms with Crippen molar-refractivity contribution in [2.45, 2.75) is 25.4 Å². The molecule has 0 aliphatic carbocycles. The Bertz CT molecular complexity index is 1570. The number of amides is 3. The Balaban J connectivity index is 1.23. The van der Waals surface area contributed by atoms with E-state index in [-0.39, 0.29) is 5.91 Å². The maximum atomic E-state index is 13.3. The number of aromatic nitrogens is 2. The lowest BCUT2D eigenvalue weighted by molar-refractivity contribution is 0.103. The molecule has 10 heteroatoms. The molecular formula is C28H25N7O2S. The van der Waals surface area contributed by atoms with Gasteiger partial charge in [0, 0.05) is 23.8 Å². The van der Waals surface area contributed by atoms with Gasteiger partial charge < -0.3 is 21.3 Å². The molecule has 2 aromatic carbocycles. The number of nitrogens with one attached hydrogen (secondary N) is 4. The first-order valence-electron chi connectivity index (χ1n) is 12.4. The van der Waals surface area contributed by atoms with E-state index in [1.165, 1.54) is 22.6 Å². The SMILES string of the molecule is C#Cc1cccc(N2C(=O)Nc3c(C(=O)Nc4ccc(CNC5CCNCC5)cc4)sc4ncnc2c34)c1. The Morgan fingerprint density at radius 2 is 1.97 bits per heavy atom. The first-order valence-corrected chi connectivity index (χ1v) is 13.2. The lowest BCUT2D eigenvalue weighted by atomic mass is 10.1. The van der Waals surface area contributed by atoms with Crippen LogP contribution in [0, 0.1) is 12.3 Å². The summed E-state index contributed by atoms with van der Waals surface area (Å²) in [4.78, 5) is 37.7. The first-order chi connectivity index (χ1) is 18.6. The molecular weight excluding hydrogens is 498 g/mol. The molecule has 0 unspecified atom stereocenters. The minimum Gasteiger partial charge on any atom is -0.321 e. The van der Waals surface area contributed by atoms with Crippen molar-refractivity contribution in [3.05, 3.63) is 70.9 Å². The van der Waals surface area contributed by atoms with Crippen molar-refractivity contribution in [1.29, 1.82) is 0 Å². The van der Waals surface area contributed by atoms with E-state index in [1.807, 2.05) is 24.3 Å². The van der Waals surface area contributed by atoms with Gasteiger partial charge in [-0.15, -0.1) is 17.8 Å². The Labute approximate surface area is 223 Å². The molecule has 4 N–H and O–H groups in total. The molecule has 6 rings (SSSR count).